The van der Waals surface area contributed by atoms with E-state index in [0.29, 0.717) is 13.1 Å². The molecule has 8 heteroatoms. The van der Waals surface area contributed by atoms with E-state index >= 15 is 0 Å². The van der Waals surface area contributed by atoms with Crippen molar-refractivity contribution in [3.05, 3.63) is 35.9 Å². The SMILES string of the molecule is O=C(CN1C(=O)C2CCC(Cl)CC2N2NNCC12)NCc1ccccc1. The van der Waals surface area contributed by atoms with Gasteiger partial charge in [0.05, 0.1) is 5.92 Å². The first-order chi connectivity index (χ1) is 12.6. The van der Waals surface area contributed by atoms with Crippen molar-refractivity contribution in [2.45, 2.75) is 43.4 Å². The Hall–Kier alpha value is -1.67. The first-order valence-corrected chi connectivity index (χ1v) is 9.59. The average molecular weight is 378 g/mol. The van der Waals surface area contributed by atoms with Crippen molar-refractivity contribution < 1.29 is 9.59 Å². The molecule has 3 aliphatic rings. The number of hydrogen-bond acceptors (Lipinski definition) is 5. The fourth-order valence-electron chi connectivity index (χ4n) is 4.21. The Morgan fingerprint density at radius 3 is 2.88 bits per heavy atom. The van der Waals surface area contributed by atoms with Crippen molar-refractivity contribution in [3.8, 4) is 0 Å². The summed E-state index contributed by atoms with van der Waals surface area (Å²) >= 11 is 6.33. The molecule has 2 aliphatic heterocycles. The molecule has 2 amide bonds. The number of nitrogens with one attached hydrogen (secondary N) is 3. The van der Waals surface area contributed by atoms with Crippen molar-refractivity contribution in [2.75, 3.05) is 13.1 Å². The molecule has 140 valence electrons. The van der Waals surface area contributed by atoms with Gasteiger partial charge in [-0.1, -0.05) is 30.3 Å². The number of carbonyl (C=O) groups excluding carboxylic acids is 2. The molecular weight excluding hydrogens is 354 g/mol. The molecule has 1 aliphatic carbocycles. The molecule has 0 radical (unpaired) electrons. The number of amides is 2. The Morgan fingerprint density at radius 2 is 2.08 bits per heavy atom. The molecule has 26 heavy (non-hydrogen) atoms. The van der Waals surface area contributed by atoms with Gasteiger partial charge < -0.3 is 10.2 Å². The number of carbonyl (C=O) groups is 2. The van der Waals surface area contributed by atoms with Crippen LogP contribution in [0.3, 0.4) is 0 Å². The van der Waals surface area contributed by atoms with E-state index in [9.17, 15) is 9.59 Å². The van der Waals surface area contributed by atoms with Gasteiger partial charge in [-0.2, -0.15) is 5.53 Å². The quantitative estimate of drug-likeness (QED) is 0.669. The summed E-state index contributed by atoms with van der Waals surface area (Å²) in [4.78, 5) is 27.2. The summed E-state index contributed by atoms with van der Waals surface area (Å²) in [5.41, 5.74) is 7.30. The fraction of sp³-hybridized carbons (Fsp3) is 0.556. The molecule has 2 heterocycles. The summed E-state index contributed by atoms with van der Waals surface area (Å²) < 4.78 is 0. The van der Waals surface area contributed by atoms with Crippen LogP contribution in [0.5, 0.6) is 0 Å². The molecule has 1 saturated carbocycles. The molecule has 7 nitrogen and oxygen atoms in total. The Kier molecular flexibility index (Phi) is 5.13. The van der Waals surface area contributed by atoms with Crippen LogP contribution in [0.1, 0.15) is 24.8 Å². The summed E-state index contributed by atoms with van der Waals surface area (Å²) in [7, 11) is 0. The second-order valence-electron chi connectivity index (χ2n) is 7.19. The topological polar surface area (TPSA) is 76.7 Å². The monoisotopic (exact) mass is 377 g/mol. The zero-order valence-corrected chi connectivity index (χ0v) is 15.3. The molecule has 4 atom stereocenters. The second kappa shape index (κ2) is 7.52. The third-order valence-electron chi connectivity index (χ3n) is 5.53. The van der Waals surface area contributed by atoms with E-state index < -0.39 is 0 Å². The maximum absolute atomic E-state index is 13.0. The van der Waals surface area contributed by atoms with Gasteiger partial charge in [0.2, 0.25) is 11.8 Å². The predicted octanol–water partition coefficient (Wildman–Crippen LogP) is 0.572. The number of fused-ring (bicyclic) bond motifs is 3. The minimum absolute atomic E-state index is 0.0696. The summed E-state index contributed by atoms with van der Waals surface area (Å²) in [6.45, 7) is 1.13. The standard InChI is InChI=1S/C18H24ClN5O2/c19-13-6-7-14-15(8-13)24-17(10-21-22-24)23(18(14)26)11-16(25)20-9-12-4-2-1-3-5-12/h1-5,13-15,17,21-22H,6-11H2,(H,20,25). The van der Waals surface area contributed by atoms with Crippen molar-refractivity contribution in [3.63, 3.8) is 0 Å². The first kappa shape index (κ1) is 17.7. The molecule has 3 N–H and O–H groups in total. The van der Waals surface area contributed by atoms with Gasteiger partial charge >= 0.3 is 0 Å². The lowest BCUT2D eigenvalue weighted by Gasteiger charge is -2.49. The van der Waals surface area contributed by atoms with Crippen LogP contribution in [0, 0.1) is 5.92 Å². The molecule has 4 unspecified atom stereocenters. The molecule has 2 saturated heterocycles. The molecule has 1 aromatic rings. The third kappa shape index (κ3) is 3.44. The number of hydrazine groups is 2. The second-order valence-corrected chi connectivity index (χ2v) is 7.81. The van der Waals surface area contributed by atoms with Gasteiger partial charge in [0.15, 0.2) is 0 Å². The lowest BCUT2D eigenvalue weighted by atomic mass is 9.81. The van der Waals surface area contributed by atoms with Crippen molar-refractivity contribution in [1.82, 2.24) is 26.2 Å². The summed E-state index contributed by atoms with van der Waals surface area (Å²) in [6, 6.07) is 9.84. The fourth-order valence-corrected chi connectivity index (χ4v) is 4.52. The molecule has 0 bridgehead atoms. The highest BCUT2D eigenvalue weighted by Crippen LogP contribution is 2.37. The highest BCUT2D eigenvalue weighted by atomic mass is 35.5. The van der Waals surface area contributed by atoms with Crippen LogP contribution in [-0.4, -0.2) is 52.4 Å². The van der Waals surface area contributed by atoms with Gasteiger partial charge in [-0.05, 0) is 24.8 Å². The van der Waals surface area contributed by atoms with Crippen molar-refractivity contribution in [1.29, 1.82) is 0 Å². The van der Waals surface area contributed by atoms with Crippen LogP contribution >= 0.6 is 11.6 Å². The molecule has 1 aromatic carbocycles. The van der Waals surface area contributed by atoms with E-state index in [0.717, 1.165) is 24.8 Å². The van der Waals surface area contributed by atoms with E-state index in [1.165, 1.54) is 0 Å². The highest BCUT2D eigenvalue weighted by Gasteiger charge is 2.51. The van der Waals surface area contributed by atoms with Gasteiger partial charge in [-0.3, -0.25) is 9.59 Å². The minimum Gasteiger partial charge on any atom is -0.350 e. The number of benzene rings is 1. The van der Waals surface area contributed by atoms with Crippen LogP contribution < -0.4 is 16.3 Å². The number of rotatable bonds is 4. The van der Waals surface area contributed by atoms with Gasteiger partial charge in [0, 0.05) is 24.5 Å². The Balaban J connectivity index is 1.42. The normalized spacial score (nSPS) is 31.4. The van der Waals surface area contributed by atoms with Crippen LogP contribution in [-0.2, 0) is 16.1 Å². The van der Waals surface area contributed by atoms with Gasteiger partial charge in [0.1, 0.15) is 12.7 Å². The van der Waals surface area contributed by atoms with Crippen molar-refractivity contribution >= 4 is 23.4 Å². The summed E-state index contributed by atoms with van der Waals surface area (Å²) in [6.07, 6.45) is 2.24. The Morgan fingerprint density at radius 1 is 1.27 bits per heavy atom. The Labute approximate surface area is 158 Å². The van der Waals surface area contributed by atoms with E-state index in [1.807, 2.05) is 30.3 Å². The average Bonchev–Trinajstić information content (AvgIpc) is 3.14. The smallest absolute Gasteiger partial charge is 0.239 e. The van der Waals surface area contributed by atoms with E-state index in [1.54, 1.807) is 4.90 Å². The van der Waals surface area contributed by atoms with Gasteiger partial charge in [0.25, 0.3) is 0 Å². The molecular formula is C18H24ClN5O2. The summed E-state index contributed by atoms with van der Waals surface area (Å²) in [5, 5.41) is 5.09. The maximum Gasteiger partial charge on any atom is 0.239 e. The van der Waals surface area contributed by atoms with Crippen LogP contribution in [0.15, 0.2) is 30.3 Å². The molecule has 0 aromatic heterocycles. The maximum atomic E-state index is 13.0. The lowest BCUT2D eigenvalue weighted by Crippen LogP contribution is -2.67. The largest absolute Gasteiger partial charge is 0.350 e. The molecule has 0 spiro atoms. The minimum atomic E-state index is -0.159. The molecule has 4 rings (SSSR count). The molecule has 3 fully saturated rings. The van der Waals surface area contributed by atoms with Gasteiger partial charge in [-0.25, -0.2) is 10.4 Å². The summed E-state index contributed by atoms with van der Waals surface area (Å²) in [5.74, 6) is -0.172. The van der Waals surface area contributed by atoms with Gasteiger partial charge in [-0.15, -0.1) is 11.6 Å². The number of hydrogen-bond donors (Lipinski definition) is 3. The predicted molar refractivity (Wildman–Crippen MR) is 97.5 cm³/mol. The van der Waals surface area contributed by atoms with E-state index in [-0.39, 0.29) is 41.9 Å². The van der Waals surface area contributed by atoms with Crippen LogP contribution in [0.25, 0.3) is 0 Å². The van der Waals surface area contributed by atoms with E-state index in [4.69, 9.17) is 11.6 Å². The highest BCUT2D eigenvalue weighted by molar-refractivity contribution is 6.20. The van der Waals surface area contributed by atoms with E-state index in [2.05, 4.69) is 21.3 Å². The first-order valence-electron chi connectivity index (χ1n) is 9.15. The Bertz CT molecular complexity index is 673. The number of alkyl halides is 1. The number of halogens is 1. The third-order valence-corrected chi connectivity index (χ3v) is 5.93. The zero-order valence-electron chi connectivity index (χ0n) is 14.5. The lowest BCUT2D eigenvalue weighted by molar-refractivity contribution is -0.162. The van der Waals surface area contributed by atoms with Crippen molar-refractivity contribution in [2.24, 2.45) is 5.92 Å². The van der Waals surface area contributed by atoms with Crippen LogP contribution in [0.4, 0.5) is 0 Å². The number of nitrogens with zero attached hydrogens (tertiary/aromatic N) is 2. The van der Waals surface area contributed by atoms with Crippen LogP contribution in [0.2, 0.25) is 0 Å². The zero-order chi connectivity index (χ0) is 18.1.